The van der Waals surface area contributed by atoms with E-state index in [1.165, 1.54) is 0 Å². The minimum atomic E-state index is -0.0485. The van der Waals surface area contributed by atoms with E-state index in [0.29, 0.717) is 26.1 Å². The van der Waals surface area contributed by atoms with Crippen molar-refractivity contribution in [3.05, 3.63) is 95.3 Å². The molecule has 5 nitrogen and oxygen atoms in total. The summed E-state index contributed by atoms with van der Waals surface area (Å²) >= 11 is 0. The van der Waals surface area contributed by atoms with Crippen molar-refractivity contribution in [3.8, 4) is 5.75 Å². The first-order valence-electron chi connectivity index (χ1n) is 10.6. The van der Waals surface area contributed by atoms with E-state index < -0.39 is 0 Å². The van der Waals surface area contributed by atoms with Crippen LogP contribution in [0.3, 0.4) is 0 Å². The second-order valence-electron chi connectivity index (χ2n) is 7.65. The molecule has 1 heterocycles. The van der Waals surface area contributed by atoms with Crippen LogP contribution in [-0.4, -0.2) is 28.6 Å². The van der Waals surface area contributed by atoms with E-state index in [1.807, 2.05) is 80.6 Å². The molecular weight excluding hydrogens is 386 g/mol. The fourth-order valence-corrected chi connectivity index (χ4v) is 3.79. The number of carbonyl (C=O) groups excluding carboxylic acids is 1. The van der Waals surface area contributed by atoms with Crippen LogP contribution in [0.25, 0.3) is 11.0 Å². The van der Waals surface area contributed by atoms with Crippen LogP contribution in [0, 0.1) is 13.8 Å². The third-order valence-corrected chi connectivity index (χ3v) is 5.32. The van der Waals surface area contributed by atoms with Gasteiger partial charge in [0.25, 0.3) is 5.91 Å². The topological polar surface area (TPSA) is 56.2 Å². The van der Waals surface area contributed by atoms with Crippen molar-refractivity contribution in [1.29, 1.82) is 0 Å². The third kappa shape index (κ3) is 4.94. The summed E-state index contributed by atoms with van der Waals surface area (Å²) in [5.41, 5.74) is 4.89. The highest BCUT2D eigenvalue weighted by Crippen LogP contribution is 2.17. The van der Waals surface area contributed by atoms with Crippen LogP contribution in [0.2, 0.25) is 0 Å². The van der Waals surface area contributed by atoms with Crippen molar-refractivity contribution in [2.24, 2.45) is 0 Å². The lowest BCUT2D eigenvalue weighted by molar-refractivity contribution is 0.0953. The molecule has 0 aliphatic rings. The summed E-state index contributed by atoms with van der Waals surface area (Å²) in [6.07, 6.45) is 0.649. The Morgan fingerprint density at radius 2 is 1.77 bits per heavy atom. The molecule has 4 rings (SSSR count). The lowest BCUT2D eigenvalue weighted by Crippen LogP contribution is -2.27. The minimum absolute atomic E-state index is 0.0485. The van der Waals surface area contributed by atoms with Crippen LogP contribution in [0.5, 0.6) is 5.75 Å². The van der Waals surface area contributed by atoms with Crippen molar-refractivity contribution in [3.63, 3.8) is 0 Å². The Hall–Kier alpha value is -3.60. The van der Waals surface area contributed by atoms with Gasteiger partial charge in [-0.3, -0.25) is 4.79 Å². The lowest BCUT2D eigenvalue weighted by atomic mass is 10.1. The molecule has 0 atom stereocenters. The van der Waals surface area contributed by atoms with E-state index in [-0.39, 0.29) is 5.91 Å². The number of benzene rings is 3. The zero-order valence-corrected chi connectivity index (χ0v) is 18.0. The summed E-state index contributed by atoms with van der Waals surface area (Å²) in [4.78, 5) is 17.4. The molecule has 3 aromatic carbocycles. The van der Waals surface area contributed by atoms with Gasteiger partial charge >= 0.3 is 0 Å². The average molecular weight is 414 g/mol. The SMILES string of the molecule is Cc1ccc(C(=O)NCCc2nc3ccccc3n2CCOc2ccccc2)c(C)c1. The van der Waals surface area contributed by atoms with Gasteiger partial charge in [0.2, 0.25) is 0 Å². The number of nitrogens with one attached hydrogen (secondary N) is 1. The molecule has 1 N–H and O–H groups in total. The summed E-state index contributed by atoms with van der Waals surface area (Å²) < 4.78 is 8.07. The molecule has 158 valence electrons. The number of aromatic nitrogens is 2. The summed E-state index contributed by atoms with van der Waals surface area (Å²) in [6.45, 7) is 5.76. The van der Waals surface area contributed by atoms with Gasteiger partial charge in [-0.25, -0.2) is 4.98 Å². The highest BCUT2D eigenvalue weighted by Gasteiger charge is 2.12. The van der Waals surface area contributed by atoms with Gasteiger partial charge in [0.1, 0.15) is 18.2 Å². The number of ether oxygens (including phenoxy) is 1. The summed E-state index contributed by atoms with van der Waals surface area (Å²) in [6, 6.07) is 23.8. The molecule has 0 bridgehead atoms. The van der Waals surface area contributed by atoms with E-state index in [1.54, 1.807) is 0 Å². The van der Waals surface area contributed by atoms with Crippen molar-refractivity contribution >= 4 is 16.9 Å². The summed E-state index contributed by atoms with van der Waals surface area (Å²) in [7, 11) is 0. The summed E-state index contributed by atoms with van der Waals surface area (Å²) in [5, 5.41) is 3.04. The van der Waals surface area contributed by atoms with Gasteiger partial charge in [-0.1, -0.05) is 48.0 Å². The molecule has 0 fully saturated rings. The average Bonchev–Trinajstić information content (AvgIpc) is 3.12. The van der Waals surface area contributed by atoms with Crippen molar-refractivity contribution in [1.82, 2.24) is 14.9 Å². The number of aryl methyl sites for hydroxylation is 2. The predicted molar refractivity (Wildman–Crippen MR) is 124 cm³/mol. The van der Waals surface area contributed by atoms with Gasteiger partial charge < -0.3 is 14.6 Å². The molecule has 0 saturated heterocycles. The molecule has 0 radical (unpaired) electrons. The maximum Gasteiger partial charge on any atom is 0.251 e. The monoisotopic (exact) mass is 413 g/mol. The molecule has 4 aromatic rings. The van der Waals surface area contributed by atoms with Crippen molar-refractivity contribution in [2.75, 3.05) is 13.2 Å². The van der Waals surface area contributed by atoms with Gasteiger partial charge in [0.05, 0.1) is 17.6 Å². The second kappa shape index (κ2) is 9.47. The molecular formula is C26H27N3O2. The van der Waals surface area contributed by atoms with Crippen molar-refractivity contribution in [2.45, 2.75) is 26.8 Å². The highest BCUT2D eigenvalue weighted by atomic mass is 16.5. The molecule has 0 aliphatic carbocycles. The molecule has 1 aromatic heterocycles. The zero-order valence-electron chi connectivity index (χ0n) is 18.0. The Kier molecular flexibility index (Phi) is 6.32. The highest BCUT2D eigenvalue weighted by molar-refractivity contribution is 5.95. The zero-order chi connectivity index (χ0) is 21.6. The van der Waals surface area contributed by atoms with Gasteiger partial charge in [0, 0.05) is 18.5 Å². The molecule has 5 heteroatoms. The van der Waals surface area contributed by atoms with E-state index in [4.69, 9.17) is 9.72 Å². The van der Waals surface area contributed by atoms with Crippen LogP contribution in [-0.2, 0) is 13.0 Å². The van der Waals surface area contributed by atoms with Crippen molar-refractivity contribution < 1.29 is 9.53 Å². The molecule has 0 spiro atoms. The fourth-order valence-electron chi connectivity index (χ4n) is 3.79. The normalized spacial score (nSPS) is 10.9. The first kappa shape index (κ1) is 20.7. The quantitative estimate of drug-likeness (QED) is 0.455. The van der Waals surface area contributed by atoms with Gasteiger partial charge in [-0.15, -0.1) is 0 Å². The Morgan fingerprint density at radius 1 is 1.00 bits per heavy atom. The van der Waals surface area contributed by atoms with Crippen LogP contribution in [0.15, 0.2) is 72.8 Å². The number of hydrogen-bond donors (Lipinski definition) is 1. The number of para-hydroxylation sites is 3. The Bertz CT molecular complexity index is 1180. The van der Waals surface area contributed by atoms with E-state index >= 15 is 0 Å². The van der Waals surface area contributed by atoms with Crippen LogP contribution >= 0.6 is 0 Å². The molecule has 31 heavy (non-hydrogen) atoms. The first-order valence-corrected chi connectivity index (χ1v) is 10.6. The number of carbonyl (C=O) groups is 1. The Labute approximate surface area is 182 Å². The Morgan fingerprint density at radius 3 is 2.58 bits per heavy atom. The molecule has 0 saturated carbocycles. The van der Waals surface area contributed by atoms with Crippen LogP contribution < -0.4 is 10.1 Å². The number of fused-ring (bicyclic) bond motifs is 1. The van der Waals surface area contributed by atoms with Gasteiger partial charge in [-0.2, -0.15) is 0 Å². The predicted octanol–water partition coefficient (Wildman–Crippen LogP) is 4.70. The van der Waals surface area contributed by atoms with E-state index in [9.17, 15) is 4.79 Å². The van der Waals surface area contributed by atoms with Crippen LogP contribution in [0.1, 0.15) is 27.3 Å². The smallest absolute Gasteiger partial charge is 0.251 e. The van der Waals surface area contributed by atoms with E-state index in [0.717, 1.165) is 39.3 Å². The van der Waals surface area contributed by atoms with E-state index in [2.05, 4.69) is 16.0 Å². The number of nitrogens with zero attached hydrogens (tertiary/aromatic N) is 2. The Balaban J connectivity index is 1.43. The van der Waals surface area contributed by atoms with Crippen LogP contribution in [0.4, 0.5) is 0 Å². The molecule has 1 amide bonds. The molecule has 0 aliphatic heterocycles. The maximum absolute atomic E-state index is 12.6. The number of hydrogen-bond acceptors (Lipinski definition) is 3. The lowest BCUT2D eigenvalue weighted by Gasteiger charge is -2.12. The van der Waals surface area contributed by atoms with Gasteiger partial charge in [0.15, 0.2) is 0 Å². The fraction of sp³-hybridized carbons (Fsp3) is 0.231. The van der Waals surface area contributed by atoms with Gasteiger partial charge in [-0.05, 0) is 49.7 Å². The number of rotatable bonds is 8. The minimum Gasteiger partial charge on any atom is -0.492 e. The maximum atomic E-state index is 12.6. The first-order chi connectivity index (χ1) is 15.1. The number of amides is 1. The second-order valence-corrected chi connectivity index (χ2v) is 7.65. The largest absolute Gasteiger partial charge is 0.492 e. The standard InChI is InChI=1S/C26H27N3O2/c1-19-12-13-22(20(2)18-19)26(30)27-15-14-25-28-23-10-6-7-11-24(23)29(25)16-17-31-21-8-4-3-5-9-21/h3-13,18H,14-17H2,1-2H3,(H,27,30). The number of imidazole rings is 1. The molecule has 0 unspecified atom stereocenters. The third-order valence-electron chi connectivity index (χ3n) is 5.32. The summed E-state index contributed by atoms with van der Waals surface area (Å²) in [5.74, 6) is 1.75.